The zero-order valence-electron chi connectivity index (χ0n) is 16.6. The number of thiazole rings is 1. The Balaban J connectivity index is 1.53. The maximum absolute atomic E-state index is 13.2. The van der Waals surface area contributed by atoms with Crippen molar-refractivity contribution < 1.29 is 13.2 Å². The van der Waals surface area contributed by atoms with Gasteiger partial charge in [0.05, 0.1) is 27.1 Å². The largest absolute Gasteiger partial charge is 0.337 e. The minimum Gasteiger partial charge on any atom is -0.337 e. The van der Waals surface area contributed by atoms with Gasteiger partial charge in [-0.15, -0.1) is 11.3 Å². The van der Waals surface area contributed by atoms with Crippen LogP contribution in [0.25, 0.3) is 10.2 Å². The van der Waals surface area contributed by atoms with Gasteiger partial charge in [-0.1, -0.05) is 0 Å². The van der Waals surface area contributed by atoms with Gasteiger partial charge in [0.15, 0.2) is 0 Å². The lowest BCUT2D eigenvalue weighted by Gasteiger charge is -2.22. The molecular weight excluding hydrogens is 410 g/mol. The minimum absolute atomic E-state index is 0.0757. The van der Waals surface area contributed by atoms with E-state index in [4.69, 9.17) is 0 Å². The highest BCUT2D eigenvalue weighted by atomic mass is 32.2. The molecule has 154 valence electrons. The summed E-state index contributed by atoms with van der Waals surface area (Å²) in [5.41, 5.74) is 4.37. The lowest BCUT2D eigenvalue weighted by Crippen LogP contribution is -2.37. The number of hydrogen-bond acceptors (Lipinski definition) is 6. The summed E-state index contributed by atoms with van der Waals surface area (Å²) in [4.78, 5) is 19.2. The molecule has 3 heterocycles. The summed E-state index contributed by atoms with van der Waals surface area (Å²) >= 11 is 1.50. The Labute approximate surface area is 173 Å². The normalized spacial score (nSPS) is 16.3. The Bertz CT molecular complexity index is 1180. The highest BCUT2D eigenvalue weighted by Gasteiger charge is 2.32. The van der Waals surface area contributed by atoms with Crippen LogP contribution in [0.4, 0.5) is 0 Å². The molecule has 10 heteroatoms. The minimum atomic E-state index is -3.66. The van der Waals surface area contributed by atoms with Crippen molar-refractivity contribution in [2.75, 3.05) is 26.2 Å². The van der Waals surface area contributed by atoms with Crippen molar-refractivity contribution in [1.29, 1.82) is 0 Å². The van der Waals surface area contributed by atoms with Crippen LogP contribution in [-0.2, 0) is 17.1 Å². The van der Waals surface area contributed by atoms with Crippen molar-refractivity contribution in [3.8, 4) is 0 Å². The molecule has 0 N–H and O–H groups in total. The predicted octanol–water partition coefficient (Wildman–Crippen LogP) is 2.18. The average Bonchev–Trinajstić information content (AvgIpc) is 3.14. The molecule has 1 aliphatic rings. The van der Waals surface area contributed by atoms with Crippen molar-refractivity contribution in [3.05, 3.63) is 40.7 Å². The molecular formula is C19H23N5O3S2. The Kier molecular flexibility index (Phi) is 5.18. The van der Waals surface area contributed by atoms with Gasteiger partial charge in [-0.3, -0.25) is 9.48 Å². The fraction of sp³-hybridized carbons (Fsp3) is 0.421. The number of rotatable bonds is 3. The van der Waals surface area contributed by atoms with Crippen molar-refractivity contribution in [3.63, 3.8) is 0 Å². The van der Waals surface area contributed by atoms with Crippen LogP contribution in [0.2, 0.25) is 0 Å². The summed E-state index contributed by atoms with van der Waals surface area (Å²) in [6.07, 6.45) is 0.589. The van der Waals surface area contributed by atoms with Gasteiger partial charge in [-0.2, -0.15) is 9.40 Å². The first-order chi connectivity index (χ1) is 13.8. The molecule has 4 rings (SSSR count). The number of amides is 1. The molecule has 0 radical (unpaired) electrons. The number of hydrogen-bond donors (Lipinski definition) is 0. The van der Waals surface area contributed by atoms with Crippen LogP contribution in [0.5, 0.6) is 0 Å². The van der Waals surface area contributed by atoms with E-state index in [0.29, 0.717) is 43.0 Å². The van der Waals surface area contributed by atoms with Gasteiger partial charge >= 0.3 is 0 Å². The maximum atomic E-state index is 13.2. The van der Waals surface area contributed by atoms with E-state index in [1.54, 1.807) is 42.1 Å². The Morgan fingerprint density at radius 1 is 1.14 bits per heavy atom. The van der Waals surface area contributed by atoms with E-state index >= 15 is 0 Å². The monoisotopic (exact) mass is 433 g/mol. The first-order valence-corrected chi connectivity index (χ1v) is 11.7. The maximum Gasteiger partial charge on any atom is 0.253 e. The lowest BCUT2D eigenvalue weighted by molar-refractivity contribution is 0.0764. The number of nitrogens with zero attached hydrogens (tertiary/aromatic N) is 5. The van der Waals surface area contributed by atoms with E-state index in [9.17, 15) is 13.2 Å². The molecule has 1 amide bonds. The average molecular weight is 434 g/mol. The standard InChI is InChI=1S/C19H23N5O3S2/c1-13-18(14(2)22(3)21-13)29(26,27)24-8-4-7-23(9-10-24)19(25)15-5-6-16-17(11-15)28-12-20-16/h5-6,11-12H,4,7-10H2,1-3H3. The van der Waals surface area contributed by atoms with Gasteiger partial charge in [0.25, 0.3) is 5.91 Å². The van der Waals surface area contributed by atoms with Gasteiger partial charge in [0.2, 0.25) is 10.0 Å². The Morgan fingerprint density at radius 2 is 1.93 bits per heavy atom. The zero-order chi connectivity index (χ0) is 20.8. The summed E-state index contributed by atoms with van der Waals surface area (Å²) in [6, 6.07) is 5.49. The molecule has 0 saturated carbocycles. The van der Waals surface area contributed by atoms with Crippen LogP contribution >= 0.6 is 11.3 Å². The third kappa shape index (κ3) is 3.56. The van der Waals surface area contributed by atoms with Crippen molar-refractivity contribution in [2.24, 2.45) is 7.05 Å². The predicted molar refractivity (Wildman–Crippen MR) is 112 cm³/mol. The highest BCUT2D eigenvalue weighted by molar-refractivity contribution is 7.89. The van der Waals surface area contributed by atoms with Crippen LogP contribution in [0, 0.1) is 13.8 Å². The molecule has 1 saturated heterocycles. The van der Waals surface area contributed by atoms with Crippen molar-refractivity contribution in [1.82, 2.24) is 24.0 Å². The summed E-state index contributed by atoms with van der Waals surface area (Å²) in [5.74, 6) is -0.0757. The first kappa shape index (κ1) is 20.0. The van der Waals surface area contributed by atoms with E-state index in [2.05, 4.69) is 10.1 Å². The molecule has 1 aromatic carbocycles. The van der Waals surface area contributed by atoms with Crippen LogP contribution in [-0.4, -0.2) is 64.5 Å². The molecule has 0 unspecified atom stereocenters. The third-order valence-corrected chi connectivity index (χ3v) is 8.30. The molecule has 8 nitrogen and oxygen atoms in total. The molecule has 0 spiro atoms. The molecule has 0 aliphatic carbocycles. The number of aryl methyl sites for hydroxylation is 2. The fourth-order valence-electron chi connectivity index (χ4n) is 3.76. The van der Waals surface area contributed by atoms with Gasteiger partial charge < -0.3 is 4.90 Å². The Hall–Kier alpha value is -2.30. The summed E-state index contributed by atoms with van der Waals surface area (Å²) in [6.45, 7) is 5.01. The highest BCUT2D eigenvalue weighted by Crippen LogP contribution is 2.25. The SMILES string of the molecule is Cc1nn(C)c(C)c1S(=O)(=O)N1CCCN(C(=O)c2ccc3ncsc3c2)CC1. The van der Waals surface area contributed by atoms with Gasteiger partial charge in [-0.25, -0.2) is 13.4 Å². The second kappa shape index (κ2) is 7.51. The number of fused-ring (bicyclic) bond motifs is 1. The smallest absolute Gasteiger partial charge is 0.253 e. The Morgan fingerprint density at radius 3 is 2.66 bits per heavy atom. The van der Waals surface area contributed by atoms with Gasteiger partial charge in [-0.05, 0) is 38.5 Å². The molecule has 29 heavy (non-hydrogen) atoms. The number of benzene rings is 1. The summed E-state index contributed by atoms with van der Waals surface area (Å²) in [7, 11) is -1.92. The van der Waals surface area contributed by atoms with E-state index in [1.807, 2.05) is 12.1 Å². The second-order valence-corrected chi connectivity index (χ2v) is 9.97. The molecule has 2 aromatic heterocycles. The van der Waals surface area contributed by atoms with Crippen molar-refractivity contribution >= 4 is 37.5 Å². The third-order valence-electron chi connectivity index (χ3n) is 5.36. The second-order valence-electron chi connectivity index (χ2n) is 7.21. The number of sulfonamides is 1. The van der Waals surface area contributed by atoms with E-state index in [0.717, 1.165) is 10.2 Å². The van der Waals surface area contributed by atoms with Gasteiger partial charge in [0, 0.05) is 38.8 Å². The molecule has 1 aliphatic heterocycles. The van der Waals surface area contributed by atoms with Gasteiger partial charge in [0.1, 0.15) is 4.90 Å². The summed E-state index contributed by atoms with van der Waals surface area (Å²) < 4.78 is 30.5. The fourth-order valence-corrected chi connectivity index (χ4v) is 6.35. The van der Waals surface area contributed by atoms with Crippen LogP contribution < -0.4 is 0 Å². The topological polar surface area (TPSA) is 88.4 Å². The molecule has 3 aromatic rings. The first-order valence-electron chi connectivity index (χ1n) is 9.42. The zero-order valence-corrected chi connectivity index (χ0v) is 18.3. The summed E-state index contributed by atoms with van der Waals surface area (Å²) in [5, 5.41) is 4.24. The van der Waals surface area contributed by atoms with Crippen LogP contribution in [0.15, 0.2) is 28.6 Å². The molecule has 1 fully saturated rings. The molecule has 0 bridgehead atoms. The van der Waals surface area contributed by atoms with Crippen molar-refractivity contribution in [2.45, 2.75) is 25.2 Å². The number of aromatic nitrogens is 3. The quantitative estimate of drug-likeness (QED) is 0.632. The van der Waals surface area contributed by atoms with Crippen LogP contribution in [0.1, 0.15) is 28.2 Å². The lowest BCUT2D eigenvalue weighted by atomic mass is 10.2. The van der Waals surface area contributed by atoms with E-state index in [1.165, 1.54) is 15.6 Å². The van der Waals surface area contributed by atoms with E-state index in [-0.39, 0.29) is 17.3 Å². The number of carbonyl (C=O) groups is 1. The van der Waals surface area contributed by atoms with E-state index < -0.39 is 10.0 Å². The number of carbonyl (C=O) groups excluding carboxylic acids is 1. The molecule has 0 atom stereocenters. The van der Waals surface area contributed by atoms with Crippen LogP contribution in [0.3, 0.4) is 0 Å².